The van der Waals surface area contributed by atoms with Gasteiger partial charge in [0.2, 0.25) is 5.91 Å². The van der Waals surface area contributed by atoms with Gasteiger partial charge in [-0.05, 0) is 25.3 Å². The van der Waals surface area contributed by atoms with Gasteiger partial charge in [0, 0.05) is 25.4 Å². The molecule has 126 valence electrons. The second-order valence-electron chi connectivity index (χ2n) is 6.15. The number of hydrogen-bond donors (Lipinski definition) is 1. The van der Waals surface area contributed by atoms with Crippen LogP contribution in [0, 0.1) is 12.8 Å². The Hall–Kier alpha value is -2.21. The number of piperidine rings is 1. The van der Waals surface area contributed by atoms with Gasteiger partial charge >= 0.3 is 0 Å². The average Bonchev–Trinajstić information content (AvgIpc) is 2.95. The summed E-state index contributed by atoms with van der Waals surface area (Å²) in [5.74, 6) is -0.348. The Bertz CT molecular complexity index is 734. The number of rotatable bonds is 4. The molecule has 0 atom stereocenters. The van der Waals surface area contributed by atoms with Crippen LogP contribution in [-0.2, 0) is 11.2 Å². The van der Waals surface area contributed by atoms with Gasteiger partial charge in [0.25, 0.3) is 5.91 Å². The van der Waals surface area contributed by atoms with Crippen molar-refractivity contribution >= 4 is 23.2 Å². The predicted molar refractivity (Wildman–Crippen MR) is 93.9 cm³/mol. The van der Waals surface area contributed by atoms with Gasteiger partial charge in [-0.3, -0.25) is 9.59 Å². The van der Waals surface area contributed by atoms with Crippen LogP contribution in [-0.4, -0.2) is 34.8 Å². The van der Waals surface area contributed by atoms with Crippen LogP contribution in [0.15, 0.2) is 30.3 Å². The second-order valence-corrected chi connectivity index (χ2v) is 7.24. The van der Waals surface area contributed by atoms with Crippen molar-refractivity contribution in [3.8, 4) is 0 Å². The maximum absolute atomic E-state index is 12.7. The number of amides is 2. The number of carbonyl (C=O) groups is 2. The fraction of sp³-hybridized carbons (Fsp3) is 0.389. The Morgan fingerprint density at radius 3 is 2.54 bits per heavy atom. The number of carbonyl (C=O) groups excluding carboxylic acids is 2. The molecule has 0 aliphatic carbocycles. The summed E-state index contributed by atoms with van der Waals surface area (Å²) >= 11 is 1.47. The first-order chi connectivity index (χ1) is 11.5. The molecule has 0 saturated carbocycles. The van der Waals surface area contributed by atoms with Gasteiger partial charge < -0.3 is 10.6 Å². The number of nitrogens with two attached hydrogens (primary N) is 1. The summed E-state index contributed by atoms with van der Waals surface area (Å²) in [5, 5.41) is 0.953. The molecular formula is C18H21N3O2S. The molecule has 2 aromatic rings. The number of aromatic nitrogens is 1. The Balaban J connectivity index is 1.69. The zero-order valence-corrected chi connectivity index (χ0v) is 14.5. The SMILES string of the molecule is Cc1nc(Cc2ccccc2)sc1C(=O)N1CCC(C(N)=O)CC1. The van der Waals surface area contributed by atoms with Gasteiger partial charge in [-0.2, -0.15) is 0 Å². The first-order valence-corrected chi connectivity index (χ1v) is 8.95. The monoisotopic (exact) mass is 343 g/mol. The second kappa shape index (κ2) is 7.13. The highest BCUT2D eigenvalue weighted by molar-refractivity contribution is 7.13. The van der Waals surface area contributed by atoms with E-state index in [-0.39, 0.29) is 17.7 Å². The van der Waals surface area contributed by atoms with E-state index in [4.69, 9.17) is 5.73 Å². The van der Waals surface area contributed by atoms with Crippen molar-refractivity contribution in [2.24, 2.45) is 11.7 Å². The van der Waals surface area contributed by atoms with Crippen molar-refractivity contribution in [2.45, 2.75) is 26.2 Å². The molecule has 1 aromatic heterocycles. The standard InChI is InChI=1S/C18H21N3O2S/c1-12-16(18(23)21-9-7-14(8-10-21)17(19)22)24-15(20-12)11-13-5-3-2-4-6-13/h2-6,14H,7-11H2,1H3,(H2,19,22). The van der Waals surface area contributed by atoms with Gasteiger partial charge in [0.15, 0.2) is 0 Å². The Kier molecular flexibility index (Phi) is 4.94. The van der Waals surface area contributed by atoms with Crippen molar-refractivity contribution in [3.63, 3.8) is 0 Å². The highest BCUT2D eigenvalue weighted by atomic mass is 32.1. The van der Waals surface area contributed by atoms with Crippen LogP contribution in [0.4, 0.5) is 0 Å². The summed E-state index contributed by atoms with van der Waals surface area (Å²) < 4.78 is 0. The van der Waals surface area contributed by atoms with E-state index in [9.17, 15) is 9.59 Å². The van der Waals surface area contributed by atoms with Gasteiger partial charge in [-0.15, -0.1) is 11.3 Å². The summed E-state index contributed by atoms with van der Waals surface area (Å²) in [6, 6.07) is 10.1. The lowest BCUT2D eigenvalue weighted by molar-refractivity contribution is -0.123. The number of nitrogens with zero attached hydrogens (tertiary/aromatic N) is 2. The Labute approximate surface area is 145 Å². The number of likely N-dealkylation sites (tertiary alicyclic amines) is 1. The number of benzene rings is 1. The molecule has 5 nitrogen and oxygen atoms in total. The van der Waals surface area contributed by atoms with E-state index in [2.05, 4.69) is 17.1 Å². The third-order valence-electron chi connectivity index (χ3n) is 4.42. The topological polar surface area (TPSA) is 76.3 Å². The van der Waals surface area contributed by atoms with Gasteiger partial charge in [-0.25, -0.2) is 4.98 Å². The van der Waals surface area contributed by atoms with E-state index in [0.717, 1.165) is 17.1 Å². The van der Waals surface area contributed by atoms with Crippen LogP contribution < -0.4 is 5.73 Å². The number of primary amides is 1. The number of hydrogen-bond acceptors (Lipinski definition) is 4. The predicted octanol–water partition coefficient (Wildman–Crippen LogP) is 2.38. The molecule has 1 fully saturated rings. The molecule has 1 saturated heterocycles. The van der Waals surface area contributed by atoms with Crippen molar-refractivity contribution in [1.82, 2.24) is 9.88 Å². The zero-order valence-electron chi connectivity index (χ0n) is 13.7. The third-order valence-corrected chi connectivity index (χ3v) is 5.56. The van der Waals surface area contributed by atoms with Crippen molar-refractivity contribution < 1.29 is 9.59 Å². The number of aryl methyl sites for hydroxylation is 1. The minimum atomic E-state index is -0.263. The largest absolute Gasteiger partial charge is 0.369 e. The highest BCUT2D eigenvalue weighted by Crippen LogP contribution is 2.25. The minimum absolute atomic E-state index is 0.0206. The summed E-state index contributed by atoms with van der Waals surface area (Å²) in [6.45, 7) is 3.05. The minimum Gasteiger partial charge on any atom is -0.369 e. The molecule has 0 spiro atoms. The maximum Gasteiger partial charge on any atom is 0.265 e. The normalized spacial score (nSPS) is 15.5. The molecule has 2 N–H and O–H groups in total. The molecular weight excluding hydrogens is 322 g/mol. The lowest BCUT2D eigenvalue weighted by atomic mass is 9.96. The molecule has 2 amide bonds. The lowest BCUT2D eigenvalue weighted by Crippen LogP contribution is -2.41. The van der Waals surface area contributed by atoms with Gasteiger partial charge in [0.05, 0.1) is 10.7 Å². The van der Waals surface area contributed by atoms with Crippen LogP contribution >= 0.6 is 11.3 Å². The Morgan fingerprint density at radius 2 is 1.92 bits per heavy atom. The molecule has 2 heterocycles. The Morgan fingerprint density at radius 1 is 1.25 bits per heavy atom. The molecule has 0 bridgehead atoms. The zero-order chi connectivity index (χ0) is 17.1. The van der Waals surface area contributed by atoms with E-state index in [1.807, 2.05) is 30.0 Å². The molecule has 3 rings (SSSR count). The van der Waals surface area contributed by atoms with E-state index >= 15 is 0 Å². The first-order valence-electron chi connectivity index (χ1n) is 8.13. The van der Waals surface area contributed by atoms with E-state index in [1.165, 1.54) is 16.9 Å². The first kappa shape index (κ1) is 16.6. The fourth-order valence-corrected chi connectivity index (χ4v) is 4.07. The average molecular weight is 343 g/mol. The maximum atomic E-state index is 12.7. The lowest BCUT2D eigenvalue weighted by Gasteiger charge is -2.30. The molecule has 24 heavy (non-hydrogen) atoms. The summed E-state index contributed by atoms with van der Waals surface area (Å²) in [5.41, 5.74) is 7.32. The third kappa shape index (κ3) is 3.64. The van der Waals surface area contributed by atoms with Crippen LogP contribution in [0.5, 0.6) is 0 Å². The van der Waals surface area contributed by atoms with Crippen molar-refractivity contribution in [2.75, 3.05) is 13.1 Å². The number of thiazole rings is 1. The van der Waals surface area contributed by atoms with Crippen molar-refractivity contribution in [3.05, 3.63) is 51.5 Å². The smallest absolute Gasteiger partial charge is 0.265 e. The highest BCUT2D eigenvalue weighted by Gasteiger charge is 2.28. The van der Waals surface area contributed by atoms with Crippen LogP contribution in [0.1, 0.15) is 38.8 Å². The molecule has 0 radical (unpaired) electrons. The fourth-order valence-electron chi connectivity index (χ4n) is 3.01. The molecule has 1 aromatic carbocycles. The summed E-state index contributed by atoms with van der Waals surface area (Å²) in [6.07, 6.45) is 2.04. The van der Waals surface area contributed by atoms with Crippen LogP contribution in [0.25, 0.3) is 0 Å². The summed E-state index contributed by atoms with van der Waals surface area (Å²) in [4.78, 5) is 31.1. The molecule has 6 heteroatoms. The quantitative estimate of drug-likeness (QED) is 0.926. The van der Waals surface area contributed by atoms with Gasteiger partial charge in [0.1, 0.15) is 4.88 Å². The van der Waals surface area contributed by atoms with Crippen molar-refractivity contribution in [1.29, 1.82) is 0 Å². The molecule has 0 unspecified atom stereocenters. The van der Waals surface area contributed by atoms with E-state index in [0.29, 0.717) is 30.8 Å². The summed E-state index contributed by atoms with van der Waals surface area (Å²) in [7, 11) is 0. The molecule has 1 aliphatic heterocycles. The van der Waals surface area contributed by atoms with Crippen LogP contribution in [0.3, 0.4) is 0 Å². The van der Waals surface area contributed by atoms with Crippen LogP contribution in [0.2, 0.25) is 0 Å². The van der Waals surface area contributed by atoms with Gasteiger partial charge in [-0.1, -0.05) is 30.3 Å². The molecule has 1 aliphatic rings. The van der Waals surface area contributed by atoms with E-state index < -0.39 is 0 Å². The van der Waals surface area contributed by atoms with E-state index in [1.54, 1.807) is 0 Å².